The average Bonchev–Trinajstić information content (AvgIpc) is 2.71. The van der Waals surface area contributed by atoms with E-state index in [4.69, 9.17) is 16.6 Å². The molecule has 2 aromatic rings. The van der Waals surface area contributed by atoms with E-state index in [0.29, 0.717) is 5.69 Å². The van der Waals surface area contributed by atoms with Crippen molar-refractivity contribution in [1.29, 1.82) is 0 Å². The van der Waals surface area contributed by atoms with Crippen LogP contribution >= 0.6 is 15.9 Å². The summed E-state index contributed by atoms with van der Waals surface area (Å²) in [5.74, 6) is -3.27. The SMILES string of the molecule is NC(N)=Nc1cccc(C(=O)NCC(=O)NC(CC(=O)O)C(=O)c2ccc(Br)cc2)c1. The Labute approximate surface area is 185 Å². The van der Waals surface area contributed by atoms with Crippen LogP contribution in [0.5, 0.6) is 0 Å². The highest BCUT2D eigenvalue weighted by molar-refractivity contribution is 9.10. The summed E-state index contributed by atoms with van der Waals surface area (Å²) in [5, 5.41) is 13.8. The van der Waals surface area contributed by atoms with Gasteiger partial charge in [-0.05, 0) is 30.3 Å². The summed E-state index contributed by atoms with van der Waals surface area (Å²) in [6.45, 7) is -0.463. The number of nitrogens with two attached hydrogens (primary N) is 2. The number of rotatable bonds is 9. The summed E-state index contributed by atoms with van der Waals surface area (Å²) in [6, 6.07) is 11.1. The highest BCUT2D eigenvalue weighted by atomic mass is 79.9. The number of aliphatic carboxylic acids is 1. The van der Waals surface area contributed by atoms with E-state index in [1.54, 1.807) is 24.3 Å². The van der Waals surface area contributed by atoms with E-state index < -0.39 is 42.6 Å². The molecular formula is C20H20BrN5O5. The number of hydrogen-bond donors (Lipinski definition) is 5. The molecule has 10 nitrogen and oxygen atoms in total. The first-order valence-corrected chi connectivity index (χ1v) is 9.74. The largest absolute Gasteiger partial charge is 0.481 e. The number of Topliss-reactive ketones (excluding diaryl/α,β-unsaturated/α-hetero) is 1. The number of benzene rings is 2. The third kappa shape index (κ3) is 7.55. The van der Waals surface area contributed by atoms with Gasteiger partial charge in [0.2, 0.25) is 5.91 Å². The second-order valence-electron chi connectivity index (χ2n) is 6.36. The van der Waals surface area contributed by atoms with E-state index in [0.717, 1.165) is 4.47 Å². The Morgan fingerprint density at radius 3 is 2.32 bits per heavy atom. The van der Waals surface area contributed by atoms with Gasteiger partial charge in [-0.2, -0.15) is 0 Å². The first kappa shape index (κ1) is 23.5. The van der Waals surface area contributed by atoms with Crippen LogP contribution in [0.4, 0.5) is 5.69 Å². The van der Waals surface area contributed by atoms with Crippen LogP contribution in [0.15, 0.2) is 58.0 Å². The Kier molecular flexibility index (Phi) is 8.26. The second-order valence-corrected chi connectivity index (χ2v) is 7.27. The van der Waals surface area contributed by atoms with Gasteiger partial charge in [0, 0.05) is 15.6 Å². The van der Waals surface area contributed by atoms with Gasteiger partial charge in [-0.25, -0.2) is 4.99 Å². The molecule has 2 aromatic carbocycles. The number of halogens is 1. The number of ketones is 1. The summed E-state index contributed by atoms with van der Waals surface area (Å²) in [4.78, 5) is 52.1. The molecule has 0 radical (unpaired) electrons. The van der Waals surface area contributed by atoms with Crippen molar-refractivity contribution in [3.8, 4) is 0 Å². The Hall–Kier alpha value is -3.73. The second kappa shape index (κ2) is 10.9. The fourth-order valence-electron chi connectivity index (χ4n) is 2.57. The molecule has 0 spiro atoms. The number of hydrogen-bond acceptors (Lipinski definition) is 5. The smallest absolute Gasteiger partial charge is 0.305 e. The monoisotopic (exact) mass is 489 g/mol. The van der Waals surface area contributed by atoms with E-state index in [1.165, 1.54) is 24.3 Å². The highest BCUT2D eigenvalue weighted by Gasteiger charge is 2.25. The molecule has 31 heavy (non-hydrogen) atoms. The van der Waals surface area contributed by atoms with Crippen molar-refractivity contribution in [2.24, 2.45) is 16.5 Å². The van der Waals surface area contributed by atoms with Crippen molar-refractivity contribution in [3.05, 3.63) is 64.1 Å². The molecular weight excluding hydrogens is 470 g/mol. The maximum Gasteiger partial charge on any atom is 0.305 e. The Morgan fingerprint density at radius 2 is 1.71 bits per heavy atom. The Balaban J connectivity index is 2.01. The normalized spacial score (nSPS) is 11.1. The molecule has 0 aliphatic heterocycles. The fraction of sp³-hybridized carbons (Fsp3) is 0.150. The molecule has 162 valence electrons. The van der Waals surface area contributed by atoms with E-state index in [1.807, 2.05) is 0 Å². The van der Waals surface area contributed by atoms with Gasteiger partial charge in [0.15, 0.2) is 11.7 Å². The summed E-state index contributed by atoms with van der Waals surface area (Å²) in [5.41, 5.74) is 11.4. The lowest BCUT2D eigenvalue weighted by molar-refractivity contribution is -0.137. The van der Waals surface area contributed by atoms with Crippen LogP contribution in [0.1, 0.15) is 27.1 Å². The van der Waals surface area contributed by atoms with Gasteiger partial charge in [0.05, 0.1) is 18.7 Å². The zero-order valence-electron chi connectivity index (χ0n) is 16.2. The summed E-state index contributed by atoms with van der Waals surface area (Å²) >= 11 is 3.25. The van der Waals surface area contributed by atoms with E-state index >= 15 is 0 Å². The van der Waals surface area contributed by atoms with Gasteiger partial charge in [-0.15, -0.1) is 0 Å². The first-order chi connectivity index (χ1) is 14.7. The number of carboxylic acid groups (broad SMARTS) is 1. The predicted octanol–water partition coefficient (Wildman–Crippen LogP) is 0.926. The zero-order chi connectivity index (χ0) is 23.0. The number of nitrogens with one attached hydrogen (secondary N) is 2. The minimum Gasteiger partial charge on any atom is -0.481 e. The standard InChI is InChI=1S/C20H20BrN5O5/c21-13-6-4-11(5-7-13)18(30)15(9-17(28)29)26-16(27)10-24-19(31)12-2-1-3-14(8-12)25-20(22)23/h1-8,15H,9-10H2,(H,24,31)(H,26,27)(H,28,29)(H4,22,23,25). The quantitative estimate of drug-likeness (QED) is 0.197. The molecule has 0 aliphatic carbocycles. The van der Waals surface area contributed by atoms with Gasteiger partial charge in [0.25, 0.3) is 5.91 Å². The Morgan fingerprint density at radius 1 is 1.03 bits per heavy atom. The van der Waals surface area contributed by atoms with Crippen LogP contribution in [0, 0.1) is 0 Å². The summed E-state index contributed by atoms with van der Waals surface area (Å²) < 4.78 is 0.745. The fourth-order valence-corrected chi connectivity index (χ4v) is 2.84. The molecule has 1 atom stereocenters. The summed E-state index contributed by atoms with van der Waals surface area (Å²) in [7, 11) is 0. The number of carbonyl (C=O) groups excluding carboxylic acids is 3. The average molecular weight is 490 g/mol. The molecule has 0 saturated carbocycles. The molecule has 1 unspecified atom stereocenters. The minimum absolute atomic E-state index is 0.170. The lowest BCUT2D eigenvalue weighted by Gasteiger charge is -2.16. The van der Waals surface area contributed by atoms with Crippen LogP contribution in [0.3, 0.4) is 0 Å². The van der Waals surface area contributed by atoms with Gasteiger partial charge in [0.1, 0.15) is 6.04 Å². The van der Waals surface area contributed by atoms with Crippen molar-refractivity contribution < 1.29 is 24.3 Å². The van der Waals surface area contributed by atoms with Crippen molar-refractivity contribution in [2.45, 2.75) is 12.5 Å². The van der Waals surface area contributed by atoms with Crippen LogP contribution < -0.4 is 22.1 Å². The number of carbonyl (C=O) groups is 4. The van der Waals surface area contributed by atoms with Gasteiger partial charge < -0.3 is 27.2 Å². The lowest BCUT2D eigenvalue weighted by Crippen LogP contribution is -2.46. The van der Waals surface area contributed by atoms with Crippen LogP contribution in [0.25, 0.3) is 0 Å². The van der Waals surface area contributed by atoms with E-state index in [9.17, 15) is 19.2 Å². The van der Waals surface area contributed by atoms with Crippen LogP contribution in [-0.4, -0.2) is 47.2 Å². The predicted molar refractivity (Wildman–Crippen MR) is 117 cm³/mol. The van der Waals surface area contributed by atoms with Crippen LogP contribution in [-0.2, 0) is 9.59 Å². The molecule has 0 fully saturated rings. The molecule has 0 aromatic heterocycles. The Bertz CT molecular complexity index is 1020. The lowest BCUT2D eigenvalue weighted by atomic mass is 10.0. The number of carboxylic acids is 1. The molecule has 0 aliphatic rings. The molecule has 0 bridgehead atoms. The molecule has 2 rings (SSSR count). The maximum absolute atomic E-state index is 12.6. The van der Waals surface area contributed by atoms with Crippen LogP contribution in [0.2, 0.25) is 0 Å². The maximum atomic E-state index is 12.6. The molecule has 2 amide bonds. The number of amides is 2. The molecule has 7 N–H and O–H groups in total. The molecule has 0 saturated heterocycles. The zero-order valence-corrected chi connectivity index (χ0v) is 17.8. The van der Waals surface area contributed by atoms with E-state index in [2.05, 4.69) is 31.6 Å². The number of nitrogens with zero attached hydrogens (tertiary/aromatic N) is 1. The number of aliphatic imine (C=N–C) groups is 1. The summed E-state index contributed by atoms with van der Waals surface area (Å²) in [6.07, 6.45) is -0.602. The van der Waals surface area contributed by atoms with Crippen molar-refractivity contribution in [3.63, 3.8) is 0 Å². The topological polar surface area (TPSA) is 177 Å². The van der Waals surface area contributed by atoms with E-state index in [-0.39, 0.29) is 17.1 Å². The minimum atomic E-state index is -1.28. The molecule has 0 heterocycles. The van der Waals surface area contributed by atoms with Gasteiger partial charge in [-0.3, -0.25) is 19.2 Å². The third-order valence-corrected chi connectivity index (χ3v) is 4.46. The highest BCUT2D eigenvalue weighted by Crippen LogP contribution is 2.14. The number of guanidine groups is 1. The first-order valence-electron chi connectivity index (χ1n) is 8.94. The van der Waals surface area contributed by atoms with Gasteiger partial charge >= 0.3 is 5.97 Å². The van der Waals surface area contributed by atoms with Crippen molar-refractivity contribution in [2.75, 3.05) is 6.54 Å². The third-order valence-electron chi connectivity index (χ3n) is 3.94. The van der Waals surface area contributed by atoms with Crippen molar-refractivity contribution in [1.82, 2.24) is 10.6 Å². The molecule has 11 heteroatoms. The van der Waals surface area contributed by atoms with Gasteiger partial charge in [-0.1, -0.05) is 34.1 Å². The van der Waals surface area contributed by atoms with Crippen molar-refractivity contribution >= 4 is 51.1 Å².